The molecule has 0 atom stereocenters. The van der Waals surface area contributed by atoms with Gasteiger partial charge in [-0.3, -0.25) is 4.84 Å². The summed E-state index contributed by atoms with van der Waals surface area (Å²) in [5, 5.41) is 0. The molecule has 0 aromatic heterocycles. The van der Waals surface area contributed by atoms with Gasteiger partial charge in [0.25, 0.3) is 0 Å². The maximum absolute atomic E-state index is 4.90. The second-order valence-corrected chi connectivity index (χ2v) is 2.03. The van der Waals surface area contributed by atoms with Crippen molar-refractivity contribution in [1.82, 2.24) is 4.89 Å². The van der Waals surface area contributed by atoms with Gasteiger partial charge in [0.05, 0.1) is 6.10 Å². The zero-order valence-corrected chi connectivity index (χ0v) is 5.71. The van der Waals surface area contributed by atoms with Crippen LogP contribution in [0.3, 0.4) is 0 Å². The first-order chi connectivity index (χ1) is 3.27. The van der Waals surface area contributed by atoms with Crippen LogP contribution in [0.4, 0.5) is 0 Å². The molecule has 0 fully saturated rings. The number of hydrogen-bond acceptors (Lipinski definition) is 3. The van der Waals surface area contributed by atoms with Gasteiger partial charge >= 0.3 is 0 Å². The van der Waals surface area contributed by atoms with Gasteiger partial charge in [0.2, 0.25) is 0 Å². The number of hydrogen-bond donors (Lipinski definition) is 1. The van der Waals surface area contributed by atoms with Gasteiger partial charge in [0.15, 0.2) is 0 Å². The molecule has 0 aromatic carbocycles. The highest BCUT2D eigenvalue weighted by atomic mass is 32.2. The molecule has 0 aliphatic carbocycles. The van der Waals surface area contributed by atoms with E-state index >= 15 is 0 Å². The van der Waals surface area contributed by atoms with Crippen molar-refractivity contribution >= 4 is 11.9 Å². The lowest BCUT2D eigenvalue weighted by molar-refractivity contribution is 0.0476. The van der Waals surface area contributed by atoms with E-state index in [4.69, 9.17) is 4.84 Å². The predicted molar refractivity (Wildman–Crippen MR) is 32.9 cm³/mol. The lowest BCUT2D eigenvalue weighted by atomic mass is 10.5. The Balaban J connectivity index is 2.68. The first kappa shape index (κ1) is 7.27. The summed E-state index contributed by atoms with van der Waals surface area (Å²) in [5.41, 5.74) is 0. The van der Waals surface area contributed by atoms with Crippen LogP contribution in [0.25, 0.3) is 0 Å². The molecule has 0 radical (unpaired) electrons. The van der Waals surface area contributed by atoms with Crippen LogP contribution in [0.2, 0.25) is 0 Å². The molecule has 0 aliphatic heterocycles. The van der Waals surface area contributed by atoms with Gasteiger partial charge in [-0.2, -0.15) is 0 Å². The molecule has 7 heavy (non-hydrogen) atoms. The van der Waals surface area contributed by atoms with E-state index in [1.165, 1.54) is 11.9 Å². The monoisotopic (exact) mass is 121 g/mol. The molecule has 0 heterocycles. The Morgan fingerprint density at radius 2 is 2.14 bits per heavy atom. The van der Waals surface area contributed by atoms with E-state index in [1.807, 2.05) is 20.1 Å². The van der Waals surface area contributed by atoms with Crippen molar-refractivity contribution in [2.75, 3.05) is 6.26 Å². The summed E-state index contributed by atoms with van der Waals surface area (Å²) in [6.45, 7) is 3.95. The van der Waals surface area contributed by atoms with Crippen molar-refractivity contribution < 1.29 is 4.84 Å². The molecule has 1 N–H and O–H groups in total. The maximum Gasteiger partial charge on any atom is 0.0745 e. The van der Waals surface area contributed by atoms with Crippen molar-refractivity contribution in [3.8, 4) is 0 Å². The first-order valence-corrected chi connectivity index (χ1v) is 3.43. The van der Waals surface area contributed by atoms with Gasteiger partial charge < -0.3 is 0 Å². The van der Waals surface area contributed by atoms with Crippen molar-refractivity contribution in [2.45, 2.75) is 20.0 Å². The van der Waals surface area contributed by atoms with E-state index in [1.54, 1.807) is 0 Å². The molecule has 44 valence electrons. The van der Waals surface area contributed by atoms with Gasteiger partial charge in [-0.25, -0.2) is 0 Å². The highest BCUT2D eigenvalue weighted by molar-refractivity contribution is 7.96. The average Bonchev–Trinajstić information content (AvgIpc) is 1.61. The van der Waals surface area contributed by atoms with E-state index in [0.717, 1.165) is 0 Å². The van der Waals surface area contributed by atoms with Crippen LogP contribution in [-0.2, 0) is 4.84 Å². The summed E-state index contributed by atoms with van der Waals surface area (Å²) in [6, 6.07) is 0. The topological polar surface area (TPSA) is 21.3 Å². The molecule has 2 nitrogen and oxygen atoms in total. The van der Waals surface area contributed by atoms with Gasteiger partial charge in [0.1, 0.15) is 0 Å². The van der Waals surface area contributed by atoms with Gasteiger partial charge in [-0.15, -0.1) is 4.89 Å². The van der Waals surface area contributed by atoms with Crippen LogP contribution < -0.4 is 4.89 Å². The minimum absolute atomic E-state index is 0.271. The molecule has 0 rings (SSSR count). The quantitative estimate of drug-likeness (QED) is 0.447. The summed E-state index contributed by atoms with van der Waals surface area (Å²) >= 11 is 1.46. The predicted octanol–water partition coefficient (Wildman–Crippen LogP) is 1.19. The Labute approximate surface area is 48.7 Å². The fraction of sp³-hybridized carbons (Fsp3) is 1.00. The van der Waals surface area contributed by atoms with Crippen molar-refractivity contribution in [3.63, 3.8) is 0 Å². The second kappa shape index (κ2) is 4.43. The third-order valence-electron chi connectivity index (χ3n) is 0.367. The van der Waals surface area contributed by atoms with Crippen molar-refractivity contribution in [1.29, 1.82) is 0 Å². The molecule has 0 amide bonds. The van der Waals surface area contributed by atoms with Crippen LogP contribution in [0, 0.1) is 0 Å². The summed E-state index contributed by atoms with van der Waals surface area (Å²) < 4.78 is 0. The third-order valence-corrected chi connectivity index (χ3v) is 0.630. The minimum atomic E-state index is 0.271. The molecule has 0 aliphatic rings. The molecule has 0 bridgehead atoms. The number of nitrogens with one attached hydrogen (secondary N) is 1. The van der Waals surface area contributed by atoms with E-state index < -0.39 is 0 Å². The molecule has 0 saturated carbocycles. The molecule has 0 spiro atoms. The lowest BCUT2D eigenvalue weighted by Gasteiger charge is -2.03. The third kappa shape index (κ3) is 6.27. The fourth-order valence-electron chi connectivity index (χ4n) is 0.144. The van der Waals surface area contributed by atoms with Crippen LogP contribution in [0.1, 0.15) is 13.8 Å². The molecule has 0 unspecified atom stereocenters. The van der Waals surface area contributed by atoms with Gasteiger partial charge in [-0.05, 0) is 20.1 Å². The Bertz CT molecular complexity index is 40.7. The van der Waals surface area contributed by atoms with Crippen LogP contribution in [-0.4, -0.2) is 12.4 Å². The highest BCUT2D eigenvalue weighted by Crippen LogP contribution is 1.87. The summed E-state index contributed by atoms with van der Waals surface area (Å²) in [4.78, 5) is 7.57. The van der Waals surface area contributed by atoms with Crippen LogP contribution >= 0.6 is 11.9 Å². The molecular formula is C4H11NOS. The smallest absolute Gasteiger partial charge is 0.0745 e. The van der Waals surface area contributed by atoms with Crippen LogP contribution in [0.15, 0.2) is 0 Å². The van der Waals surface area contributed by atoms with Crippen molar-refractivity contribution in [2.24, 2.45) is 0 Å². The fourth-order valence-corrected chi connectivity index (χ4v) is 0.433. The summed E-state index contributed by atoms with van der Waals surface area (Å²) in [6.07, 6.45) is 2.19. The van der Waals surface area contributed by atoms with E-state index in [-0.39, 0.29) is 6.10 Å². The van der Waals surface area contributed by atoms with E-state index in [0.29, 0.717) is 0 Å². The second-order valence-electron chi connectivity index (χ2n) is 1.45. The SMILES string of the molecule is CSNOC(C)C. The zero-order valence-electron chi connectivity index (χ0n) is 4.89. The Morgan fingerprint density at radius 3 is 2.29 bits per heavy atom. The maximum atomic E-state index is 4.90. The first-order valence-electron chi connectivity index (χ1n) is 2.21. The highest BCUT2D eigenvalue weighted by Gasteiger charge is 1.86. The zero-order chi connectivity index (χ0) is 5.70. The van der Waals surface area contributed by atoms with Crippen molar-refractivity contribution in [3.05, 3.63) is 0 Å². The summed E-state index contributed by atoms with van der Waals surface area (Å²) in [5.74, 6) is 0. The molecule has 3 heteroatoms. The minimum Gasteiger partial charge on any atom is -0.289 e. The summed E-state index contributed by atoms with van der Waals surface area (Å²) in [7, 11) is 0. The average molecular weight is 121 g/mol. The largest absolute Gasteiger partial charge is 0.289 e. The number of rotatable bonds is 3. The molecule has 0 aromatic rings. The van der Waals surface area contributed by atoms with Crippen LogP contribution in [0.5, 0.6) is 0 Å². The Hall–Kier alpha value is 0.270. The lowest BCUT2D eigenvalue weighted by Crippen LogP contribution is -2.11. The van der Waals surface area contributed by atoms with Gasteiger partial charge in [0, 0.05) is 0 Å². The Kier molecular flexibility index (Phi) is 4.60. The van der Waals surface area contributed by atoms with E-state index in [2.05, 4.69) is 4.89 Å². The van der Waals surface area contributed by atoms with Gasteiger partial charge in [-0.1, -0.05) is 11.9 Å². The van der Waals surface area contributed by atoms with E-state index in [9.17, 15) is 0 Å². The normalized spacial score (nSPS) is 10.3. The Morgan fingerprint density at radius 1 is 1.57 bits per heavy atom. The molecular weight excluding hydrogens is 110 g/mol. The standard InChI is InChI=1S/C4H11NOS/c1-4(2)6-5-7-3/h4-5H,1-3H3. The molecule has 0 saturated heterocycles.